The minimum atomic E-state index is -2.28. The first-order valence-electron chi connectivity index (χ1n) is 20.7. The normalized spacial score (nSPS) is 49.8. The topological polar surface area (TPSA) is 219 Å². The summed E-state index contributed by atoms with van der Waals surface area (Å²) in [4.78, 5) is 54.2. The van der Waals surface area contributed by atoms with Crippen LogP contribution in [0.3, 0.4) is 0 Å². The van der Waals surface area contributed by atoms with E-state index in [1.54, 1.807) is 13.8 Å². The van der Waals surface area contributed by atoms with Gasteiger partial charge >= 0.3 is 23.9 Å². The van der Waals surface area contributed by atoms with Crippen molar-refractivity contribution in [3.8, 4) is 0 Å². The van der Waals surface area contributed by atoms with Crippen LogP contribution >= 0.6 is 0 Å². The largest absolute Gasteiger partial charge is 0.462 e. The Morgan fingerprint density at radius 2 is 1.66 bits per heavy atom. The van der Waals surface area contributed by atoms with E-state index in [0.29, 0.717) is 38.3 Å². The van der Waals surface area contributed by atoms with Gasteiger partial charge in [-0.25, -0.2) is 4.79 Å². The maximum Gasteiger partial charge on any atom is 0.342 e. The predicted molar refractivity (Wildman–Crippen MR) is 195 cm³/mol. The zero-order valence-electron chi connectivity index (χ0n) is 34.2. The van der Waals surface area contributed by atoms with Crippen LogP contribution in [0, 0.1) is 46.8 Å². The lowest BCUT2D eigenvalue weighted by atomic mass is 9.49. The van der Waals surface area contributed by atoms with Crippen LogP contribution in [0.5, 0.6) is 0 Å². The lowest BCUT2D eigenvalue weighted by molar-refractivity contribution is -0.301. The van der Waals surface area contributed by atoms with Crippen molar-refractivity contribution in [2.45, 2.75) is 172 Å². The minimum absolute atomic E-state index is 0.0258. The van der Waals surface area contributed by atoms with Crippen LogP contribution in [-0.2, 0) is 42.9 Å². The molecule has 3 aliphatic heterocycles. The van der Waals surface area contributed by atoms with Gasteiger partial charge in [0.25, 0.3) is 0 Å². The molecule has 19 atom stereocenters. The number of hydrogen-bond acceptors (Lipinski definition) is 15. The first-order chi connectivity index (χ1) is 25.9. The van der Waals surface area contributed by atoms with Gasteiger partial charge in [0, 0.05) is 50.2 Å². The number of hydrogen-bond donors (Lipinski definition) is 5. The summed E-state index contributed by atoms with van der Waals surface area (Å²) in [5, 5.41) is 62.8. The summed E-state index contributed by atoms with van der Waals surface area (Å²) in [6.07, 6.45) is -4.21. The Balaban J connectivity index is 1.35. The summed E-state index contributed by atoms with van der Waals surface area (Å²) in [6.45, 7) is 15.4. The standard InChI is InChI=1S/C41H63NO14/c1-10-20(3)34(46)55-33-31(45)30-24(18-42-17-19(2)11-12-28(42)38(30,9)49)25-16-39-32(40(25,33)50)26(53-23(6)44)15-27-36(39,7)14-13-29(41(27,51)56-39)54-35(47)37(8,48)21(4)52-22(5)43/h19-21,24-33,45,48-51H,10-18H2,1-9H3/t19-,20-,21-,24-,25-,26+,27-,28-,29-,30+,31+,32+,33-,36-,37-,38+,39+,40-,41-/m0/s1. The highest BCUT2D eigenvalue weighted by Gasteiger charge is 2.88. The Bertz CT molecular complexity index is 1620. The molecule has 0 unspecified atom stereocenters. The summed E-state index contributed by atoms with van der Waals surface area (Å²) >= 11 is 0. The molecule has 5 N–H and O–H groups in total. The van der Waals surface area contributed by atoms with Crippen LogP contribution in [-0.4, -0.2) is 132 Å². The van der Waals surface area contributed by atoms with E-state index in [1.807, 2.05) is 13.8 Å². The zero-order chi connectivity index (χ0) is 41.3. The molecule has 0 radical (unpaired) electrons. The molecule has 7 rings (SSSR count). The fraction of sp³-hybridized carbons (Fsp3) is 0.902. The van der Waals surface area contributed by atoms with Crippen LogP contribution in [0.1, 0.15) is 107 Å². The van der Waals surface area contributed by atoms with Crippen molar-refractivity contribution < 1.29 is 68.4 Å². The number of esters is 4. The molecule has 7 fully saturated rings. The van der Waals surface area contributed by atoms with Gasteiger partial charge < -0.3 is 49.2 Å². The molecule has 15 heteroatoms. The Hall–Kier alpha value is -2.40. The van der Waals surface area contributed by atoms with E-state index < -0.39 is 124 Å². The summed E-state index contributed by atoms with van der Waals surface area (Å²) in [7, 11) is 0. The molecule has 0 aromatic rings. The molecule has 0 amide bonds. The van der Waals surface area contributed by atoms with Crippen molar-refractivity contribution in [1.82, 2.24) is 4.90 Å². The van der Waals surface area contributed by atoms with Gasteiger partial charge in [-0.2, -0.15) is 0 Å². The number of aliphatic hydroxyl groups is 5. The molecule has 3 heterocycles. The van der Waals surface area contributed by atoms with Crippen molar-refractivity contribution in [3.05, 3.63) is 0 Å². The number of rotatable bonds is 8. The average molecular weight is 794 g/mol. The number of aliphatic hydroxyl groups excluding tert-OH is 1. The maximum atomic E-state index is 13.7. The highest BCUT2D eigenvalue weighted by atomic mass is 16.7. The number of fused-ring (bicyclic) bond motifs is 5. The van der Waals surface area contributed by atoms with Crippen LogP contribution in [0.4, 0.5) is 0 Å². The lowest BCUT2D eigenvalue weighted by Crippen LogP contribution is -2.77. The van der Waals surface area contributed by atoms with Gasteiger partial charge in [0.1, 0.15) is 17.8 Å². The van der Waals surface area contributed by atoms with E-state index in [9.17, 15) is 44.7 Å². The summed E-state index contributed by atoms with van der Waals surface area (Å²) < 4.78 is 30.3. The first kappa shape index (κ1) is 41.7. The zero-order valence-corrected chi connectivity index (χ0v) is 34.2. The number of nitrogens with zero attached hydrogens (tertiary/aromatic N) is 1. The lowest BCUT2D eigenvalue weighted by Gasteiger charge is -2.64. The van der Waals surface area contributed by atoms with E-state index in [-0.39, 0.29) is 25.3 Å². The van der Waals surface area contributed by atoms with Gasteiger partial charge in [-0.05, 0) is 83.5 Å². The molecule has 4 saturated carbocycles. The first-order valence-corrected chi connectivity index (χ1v) is 20.7. The highest BCUT2D eigenvalue weighted by molar-refractivity contribution is 5.80. The molecule has 15 nitrogen and oxygen atoms in total. The minimum Gasteiger partial charge on any atom is -0.462 e. The fourth-order valence-electron chi connectivity index (χ4n) is 13.1. The molecule has 316 valence electrons. The van der Waals surface area contributed by atoms with Crippen molar-refractivity contribution in [2.75, 3.05) is 13.1 Å². The van der Waals surface area contributed by atoms with Gasteiger partial charge in [0.2, 0.25) is 5.79 Å². The van der Waals surface area contributed by atoms with Crippen LogP contribution in [0.25, 0.3) is 0 Å². The Morgan fingerprint density at radius 1 is 0.982 bits per heavy atom. The predicted octanol–water partition coefficient (Wildman–Crippen LogP) is 1.61. The Labute approximate surface area is 328 Å². The second kappa shape index (κ2) is 13.6. The van der Waals surface area contributed by atoms with E-state index in [1.165, 1.54) is 13.8 Å². The van der Waals surface area contributed by atoms with Gasteiger partial charge in [-0.15, -0.1) is 0 Å². The molecule has 1 spiro atoms. The second-order valence-corrected chi connectivity index (χ2v) is 19.3. The van der Waals surface area contributed by atoms with E-state index >= 15 is 0 Å². The average Bonchev–Trinajstić information content (AvgIpc) is 3.37. The van der Waals surface area contributed by atoms with Gasteiger partial charge in [0.05, 0.1) is 29.1 Å². The van der Waals surface area contributed by atoms with Gasteiger partial charge in [0.15, 0.2) is 17.8 Å². The second-order valence-electron chi connectivity index (χ2n) is 19.3. The molecule has 4 bridgehead atoms. The van der Waals surface area contributed by atoms with E-state index in [2.05, 4.69) is 11.8 Å². The summed E-state index contributed by atoms with van der Waals surface area (Å²) in [6, 6.07) is -0.275. The van der Waals surface area contributed by atoms with Crippen LogP contribution < -0.4 is 0 Å². The molecular weight excluding hydrogens is 730 g/mol. The summed E-state index contributed by atoms with van der Waals surface area (Å²) in [5.74, 6) is -9.57. The third-order valence-corrected chi connectivity index (χ3v) is 16.1. The molecule has 3 saturated heterocycles. The van der Waals surface area contributed by atoms with E-state index in [0.717, 1.165) is 20.3 Å². The fourth-order valence-corrected chi connectivity index (χ4v) is 13.1. The molecular formula is C41H63NO14. The molecule has 0 aromatic heterocycles. The van der Waals surface area contributed by atoms with Crippen LogP contribution in [0.15, 0.2) is 0 Å². The van der Waals surface area contributed by atoms with Crippen molar-refractivity contribution in [1.29, 1.82) is 0 Å². The highest BCUT2D eigenvalue weighted by Crippen LogP contribution is 2.77. The maximum absolute atomic E-state index is 13.7. The molecule has 7 aliphatic rings. The molecule has 56 heavy (non-hydrogen) atoms. The number of carbonyl (C=O) groups excluding carboxylic acids is 4. The van der Waals surface area contributed by atoms with Gasteiger partial charge in [-0.3, -0.25) is 19.3 Å². The van der Waals surface area contributed by atoms with Gasteiger partial charge in [-0.1, -0.05) is 27.7 Å². The quantitative estimate of drug-likeness (QED) is 0.174. The number of ether oxygens (including phenoxy) is 5. The SMILES string of the molecule is CC[C@H](C)C(=O)O[C@H]1[C@H](O)[C@H]2[C@@H](CN3C[C@@H](C)CC[C@H]3[C@@]2(C)O)[C@@H]2C[C@]34O[C@]5(O)[C@@H](OC(=O)[C@@](C)(O)[C@H](C)OC(C)=O)CC[C@@]3(C)[C@@H]5C[C@@H](OC(C)=O)[C@H]4[C@@]21O. The van der Waals surface area contributed by atoms with Crippen molar-refractivity contribution in [3.63, 3.8) is 0 Å². The Kier molecular flexibility index (Phi) is 10.1. The van der Waals surface area contributed by atoms with Crippen molar-refractivity contribution >= 4 is 23.9 Å². The summed E-state index contributed by atoms with van der Waals surface area (Å²) in [5.41, 5.74) is -8.17. The number of carbonyl (C=O) groups is 4. The smallest absolute Gasteiger partial charge is 0.342 e. The molecule has 4 aliphatic carbocycles. The number of piperidine rings is 2. The third-order valence-electron chi connectivity index (χ3n) is 16.1. The van der Waals surface area contributed by atoms with Crippen LogP contribution in [0.2, 0.25) is 0 Å². The monoisotopic (exact) mass is 793 g/mol. The third kappa shape index (κ3) is 5.67. The van der Waals surface area contributed by atoms with Crippen molar-refractivity contribution in [2.24, 2.45) is 46.8 Å². The Morgan fingerprint density at radius 3 is 2.29 bits per heavy atom. The van der Waals surface area contributed by atoms with E-state index in [4.69, 9.17) is 23.7 Å². The molecule has 0 aromatic carbocycles.